The van der Waals surface area contributed by atoms with Gasteiger partial charge in [0.05, 0.1) is 24.1 Å². The highest BCUT2D eigenvalue weighted by Crippen LogP contribution is 2.30. The molecule has 0 aliphatic rings. The van der Waals surface area contributed by atoms with Crippen molar-refractivity contribution in [1.82, 2.24) is 10.6 Å². The molecule has 1 unspecified atom stereocenters. The van der Waals surface area contributed by atoms with E-state index < -0.39 is 42.1 Å². The Morgan fingerprint density at radius 1 is 0.805 bits per heavy atom. The molecule has 222 valence electrons. The van der Waals surface area contributed by atoms with E-state index in [-0.39, 0.29) is 49.2 Å². The molecule has 1 atom stereocenters. The van der Waals surface area contributed by atoms with Crippen LogP contribution in [0.2, 0.25) is 0 Å². The average Bonchev–Trinajstić information content (AvgIpc) is 2.92. The summed E-state index contributed by atoms with van der Waals surface area (Å²) in [5.74, 6) is -2.86. The number of hydrogen-bond acceptors (Lipinski definition) is 11. The van der Waals surface area contributed by atoms with Crippen molar-refractivity contribution in [2.75, 3.05) is 26.8 Å². The van der Waals surface area contributed by atoms with E-state index in [0.29, 0.717) is 5.56 Å². The molecule has 0 aliphatic carbocycles. The first-order chi connectivity index (χ1) is 19.5. The van der Waals surface area contributed by atoms with Crippen LogP contribution in [-0.4, -0.2) is 68.9 Å². The standard InChI is InChI=1S/C29H36N2O10/c1-18(2)26(33)37-13-14-38-29(36)31-22(28(35)39-19(3)4)15-20-11-12-23(40-25(32)17-30-5)24(16-20)41-27(34)21-9-7-6-8-10-21/h6-12,16,18-19,22,30H,13-15,17H2,1-5H3,(H,31,36). The fraction of sp³-hybridized carbons (Fsp3) is 0.414. The Bertz CT molecular complexity index is 1200. The van der Waals surface area contributed by atoms with E-state index in [9.17, 15) is 24.0 Å². The Morgan fingerprint density at radius 2 is 1.49 bits per heavy atom. The Labute approximate surface area is 238 Å². The third kappa shape index (κ3) is 11.7. The zero-order valence-corrected chi connectivity index (χ0v) is 23.8. The molecule has 41 heavy (non-hydrogen) atoms. The van der Waals surface area contributed by atoms with Crippen molar-refractivity contribution < 1.29 is 47.7 Å². The van der Waals surface area contributed by atoms with Gasteiger partial charge in [-0.25, -0.2) is 14.4 Å². The molecule has 0 bridgehead atoms. The number of rotatable bonds is 14. The number of carbonyl (C=O) groups excluding carboxylic acids is 5. The van der Waals surface area contributed by atoms with Crippen molar-refractivity contribution in [2.24, 2.45) is 5.92 Å². The van der Waals surface area contributed by atoms with Crippen molar-refractivity contribution >= 4 is 30.0 Å². The highest BCUT2D eigenvalue weighted by molar-refractivity contribution is 5.91. The number of esters is 4. The van der Waals surface area contributed by atoms with E-state index in [1.165, 1.54) is 12.1 Å². The van der Waals surface area contributed by atoms with Crippen LogP contribution >= 0.6 is 0 Å². The summed E-state index contributed by atoms with van der Waals surface area (Å²) in [5.41, 5.74) is 0.721. The number of hydrogen-bond donors (Lipinski definition) is 2. The van der Waals surface area contributed by atoms with Gasteiger partial charge in [0, 0.05) is 6.42 Å². The van der Waals surface area contributed by atoms with E-state index in [1.807, 2.05) is 0 Å². The molecule has 0 aliphatic heterocycles. The van der Waals surface area contributed by atoms with Crippen LogP contribution in [0.5, 0.6) is 11.5 Å². The molecule has 0 spiro atoms. The van der Waals surface area contributed by atoms with E-state index in [0.717, 1.165) is 0 Å². The summed E-state index contributed by atoms with van der Waals surface area (Å²) in [6.45, 7) is 6.22. The number of alkyl carbamates (subject to hydrolysis) is 1. The van der Waals surface area contributed by atoms with Crippen molar-refractivity contribution in [3.8, 4) is 11.5 Å². The summed E-state index contributed by atoms with van der Waals surface area (Å²) in [5, 5.41) is 5.13. The van der Waals surface area contributed by atoms with Crippen LogP contribution < -0.4 is 20.1 Å². The van der Waals surface area contributed by atoms with Crippen LogP contribution in [0.1, 0.15) is 43.6 Å². The quantitative estimate of drug-likeness (QED) is 0.149. The van der Waals surface area contributed by atoms with Gasteiger partial charge in [-0.05, 0) is 50.7 Å². The van der Waals surface area contributed by atoms with Crippen molar-refractivity contribution in [3.63, 3.8) is 0 Å². The van der Waals surface area contributed by atoms with Crippen LogP contribution in [0.4, 0.5) is 4.79 Å². The Hall–Kier alpha value is -4.45. The fourth-order valence-corrected chi connectivity index (χ4v) is 3.25. The first kappa shape index (κ1) is 32.8. The van der Waals surface area contributed by atoms with E-state index in [2.05, 4.69) is 10.6 Å². The van der Waals surface area contributed by atoms with Gasteiger partial charge >= 0.3 is 30.0 Å². The predicted octanol–water partition coefficient (Wildman–Crippen LogP) is 2.82. The van der Waals surface area contributed by atoms with E-state index >= 15 is 0 Å². The SMILES string of the molecule is CNCC(=O)Oc1ccc(CC(NC(=O)OCCOC(=O)C(C)C)C(=O)OC(C)C)cc1OC(=O)c1ccccc1. The molecule has 0 saturated heterocycles. The largest absolute Gasteiger partial charge is 0.462 e. The molecule has 2 N–H and O–H groups in total. The van der Waals surface area contributed by atoms with Crippen LogP contribution in [0, 0.1) is 5.92 Å². The third-order valence-corrected chi connectivity index (χ3v) is 5.17. The van der Waals surface area contributed by atoms with Gasteiger partial charge in [0.1, 0.15) is 19.3 Å². The van der Waals surface area contributed by atoms with Gasteiger partial charge in [-0.3, -0.25) is 9.59 Å². The summed E-state index contributed by atoms with van der Waals surface area (Å²) in [6, 6.07) is 11.4. The second-order valence-corrected chi connectivity index (χ2v) is 9.39. The number of amides is 1. The molecule has 2 aromatic rings. The summed E-state index contributed by atoms with van der Waals surface area (Å²) < 4.78 is 26.2. The minimum Gasteiger partial charge on any atom is -0.462 e. The smallest absolute Gasteiger partial charge is 0.407 e. The number of ether oxygens (including phenoxy) is 5. The molecule has 0 saturated carbocycles. The fourth-order valence-electron chi connectivity index (χ4n) is 3.25. The molecule has 0 aromatic heterocycles. The lowest BCUT2D eigenvalue weighted by atomic mass is 10.1. The lowest BCUT2D eigenvalue weighted by Crippen LogP contribution is -2.44. The Kier molecular flexibility index (Phi) is 13.3. The average molecular weight is 573 g/mol. The second-order valence-electron chi connectivity index (χ2n) is 9.39. The first-order valence-electron chi connectivity index (χ1n) is 13.1. The minimum atomic E-state index is -1.18. The van der Waals surface area contributed by atoms with Gasteiger partial charge in [-0.2, -0.15) is 0 Å². The maximum Gasteiger partial charge on any atom is 0.407 e. The zero-order chi connectivity index (χ0) is 30.4. The maximum absolute atomic E-state index is 12.8. The molecule has 2 aromatic carbocycles. The maximum atomic E-state index is 12.8. The summed E-state index contributed by atoms with van der Waals surface area (Å²) in [6.07, 6.45) is -1.47. The lowest BCUT2D eigenvalue weighted by Gasteiger charge is -2.20. The Balaban J connectivity index is 2.22. The van der Waals surface area contributed by atoms with Gasteiger partial charge in [0.25, 0.3) is 0 Å². The zero-order valence-electron chi connectivity index (χ0n) is 23.8. The molecule has 12 nitrogen and oxygen atoms in total. The van der Waals surface area contributed by atoms with Crippen molar-refractivity contribution in [1.29, 1.82) is 0 Å². The van der Waals surface area contributed by atoms with Gasteiger partial charge in [0.2, 0.25) is 0 Å². The molecule has 0 fully saturated rings. The number of benzene rings is 2. The molecular formula is C29H36N2O10. The molecule has 0 radical (unpaired) electrons. The predicted molar refractivity (Wildman–Crippen MR) is 146 cm³/mol. The topological polar surface area (TPSA) is 156 Å². The molecule has 1 amide bonds. The van der Waals surface area contributed by atoms with Crippen LogP contribution in [0.15, 0.2) is 48.5 Å². The van der Waals surface area contributed by atoms with Crippen molar-refractivity contribution in [3.05, 3.63) is 59.7 Å². The highest BCUT2D eigenvalue weighted by atomic mass is 16.6. The first-order valence-corrected chi connectivity index (χ1v) is 13.1. The summed E-state index contributed by atoms with van der Waals surface area (Å²) >= 11 is 0. The number of nitrogens with one attached hydrogen (secondary N) is 2. The van der Waals surface area contributed by atoms with Crippen LogP contribution in [0.25, 0.3) is 0 Å². The van der Waals surface area contributed by atoms with Crippen LogP contribution in [0.3, 0.4) is 0 Å². The summed E-state index contributed by atoms with van der Waals surface area (Å²) in [4.78, 5) is 61.6. The van der Waals surface area contributed by atoms with E-state index in [4.69, 9.17) is 23.7 Å². The monoisotopic (exact) mass is 572 g/mol. The van der Waals surface area contributed by atoms with Gasteiger partial charge in [-0.1, -0.05) is 38.1 Å². The van der Waals surface area contributed by atoms with Gasteiger partial charge < -0.3 is 34.3 Å². The van der Waals surface area contributed by atoms with Crippen molar-refractivity contribution in [2.45, 2.75) is 46.3 Å². The Morgan fingerprint density at radius 3 is 2.12 bits per heavy atom. The van der Waals surface area contributed by atoms with Gasteiger partial charge in [-0.15, -0.1) is 0 Å². The minimum absolute atomic E-state index is 0.0112. The number of carbonyl (C=O) groups is 5. The molecule has 0 heterocycles. The van der Waals surface area contributed by atoms with Crippen LogP contribution in [-0.2, 0) is 35.0 Å². The molecule has 2 rings (SSSR count). The molecular weight excluding hydrogens is 536 g/mol. The second kappa shape index (κ2) is 16.6. The van der Waals surface area contributed by atoms with E-state index in [1.54, 1.807) is 71.1 Å². The summed E-state index contributed by atoms with van der Waals surface area (Å²) in [7, 11) is 1.58. The third-order valence-electron chi connectivity index (χ3n) is 5.17. The van der Waals surface area contributed by atoms with Gasteiger partial charge in [0.15, 0.2) is 11.5 Å². The normalized spacial score (nSPS) is 11.4. The lowest BCUT2D eigenvalue weighted by molar-refractivity contribution is -0.149. The number of likely N-dealkylation sites (N-methyl/N-ethyl adjacent to an activating group) is 1. The highest BCUT2D eigenvalue weighted by Gasteiger charge is 2.26. The molecule has 12 heteroatoms.